The van der Waals surface area contributed by atoms with Crippen LogP contribution >= 0.6 is 0 Å². The van der Waals surface area contributed by atoms with Gasteiger partial charge in [0.25, 0.3) is 11.8 Å². The second-order valence-corrected chi connectivity index (χ2v) is 8.04. The Labute approximate surface area is 177 Å². The summed E-state index contributed by atoms with van der Waals surface area (Å²) in [5.74, 6) is -1.59. The minimum Gasteiger partial charge on any atom is -0.308 e. The van der Waals surface area contributed by atoms with Crippen LogP contribution < -0.4 is 4.90 Å². The summed E-state index contributed by atoms with van der Waals surface area (Å²) in [6.07, 6.45) is -2.82. The van der Waals surface area contributed by atoms with Gasteiger partial charge in [0.1, 0.15) is 6.04 Å². The van der Waals surface area contributed by atoms with Crippen LogP contribution in [0.25, 0.3) is 0 Å². The van der Waals surface area contributed by atoms with Crippen molar-refractivity contribution in [1.82, 2.24) is 4.90 Å². The molecule has 0 radical (unpaired) electrons. The normalized spacial score (nSPS) is 18.0. The standard InChI is InChI=1S/C23H21F3N2O3/c1-13(15-10-11-15)27(17-7-5-6-16(12-17)23(24,25)26)20(29)14(2)28-21(30)18-8-3-4-9-19(18)22(28)31/h3-9,12-15H,10-11H2,1-2H3. The van der Waals surface area contributed by atoms with Gasteiger partial charge in [-0.05, 0) is 62.9 Å². The lowest BCUT2D eigenvalue weighted by atomic mass is 10.1. The Bertz CT molecular complexity index is 1030. The molecule has 2 aromatic carbocycles. The van der Waals surface area contributed by atoms with E-state index >= 15 is 0 Å². The van der Waals surface area contributed by atoms with Crippen molar-refractivity contribution in [2.75, 3.05) is 4.90 Å². The van der Waals surface area contributed by atoms with Crippen LogP contribution in [-0.4, -0.2) is 34.7 Å². The molecule has 0 aromatic heterocycles. The molecule has 8 heteroatoms. The van der Waals surface area contributed by atoms with Crippen molar-refractivity contribution in [2.45, 2.75) is 44.9 Å². The number of anilines is 1. The maximum absolute atomic E-state index is 13.5. The average Bonchev–Trinajstić information content (AvgIpc) is 3.55. The van der Waals surface area contributed by atoms with Crippen LogP contribution in [0.2, 0.25) is 0 Å². The van der Waals surface area contributed by atoms with Gasteiger partial charge in [-0.3, -0.25) is 19.3 Å². The lowest BCUT2D eigenvalue weighted by molar-refractivity contribution is -0.137. The molecule has 0 spiro atoms. The third-order valence-electron chi connectivity index (χ3n) is 5.97. The number of alkyl halides is 3. The maximum atomic E-state index is 13.5. The highest BCUT2D eigenvalue weighted by atomic mass is 19.4. The van der Waals surface area contributed by atoms with Crippen LogP contribution in [-0.2, 0) is 11.0 Å². The molecular formula is C23H21F3N2O3. The zero-order chi connectivity index (χ0) is 22.5. The number of halogens is 3. The van der Waals surface area contributed by atoms with Crippen molar-refractivity contribution in [1.29, 1.82) is 0 Å². The van der Waals surface area contributed by atoms with E-state index in [1.807, 2.05) is 0 Å². The Hall–Kier alpha value is -3.16. The highest BCUT2D eigenvalue weighted by Crippen LogP contribution is 2.39. The molecule has 0 N–H and O–H groups in total. The Balaban J connectivity index is 1.69. The number of carbonyl (C=O) groups excluding carboxylic acids is 3. The smallest absolute Gasteiger partial charge is 0.308 e. The second kappa shape index (κ2) is 7.51. The number of amides is 3. The third-order valence-corrected chi connectivity index (χ3v) is 5.97. The fraction of sp³-hybridized carbons (Fsp3) is 0.348. The highest BCUT2D eigenvalue weighted by molar-refractivity contribution is 6.23. The first-order chi connectivity index (χ1) is 14.6. The lowest BCUT2D eigenvalue weighted by Gasteiger charge is -2.34. The predicted molar refractivity (Wildman–Crippen MR) is 108 cm³/mol. The van der Waals surface area contributed by atoms with Gasteiger partial charge in [0.2, 0.25) is 5.91 Å². The second-order valence-electron chi connectivity index (χ2n) is 8.04. The molecule has 0 bridgehead atoms. The summed E-state index contributed by atoms with van der Waals surface area (Å²) in [4.78, 5) is 41.3. The van der Waals surface area contributed by atoms with E-state index < -0.39 is 35.5 Å². The van der Waals surface area contributed by atoms with E-state index in [-0.39, 0.29) is 28.8 Å². The van der Waals surface area contributed by atoms with Crippen molar-refractivity contribution in [3.05, 3.63) is 65.2 Å². The van der Waals surface area contributed by atoms with E-state index in [2.05, 4.69) is 0 Å². The summed E-state index contributed by atoms with van der Waals surface area (Å²) in [6, 6.07) is 9.35. The summed E-state index contributed by atoms with van der Waals surface area (Å²) in [5.41, 5.74) is -0.331. The lowest BCUT2D eigenvalue weighted by Crippen LogP contribution is -2.52. The summed E-state index contributed by atoms with van der Waals surface area (Å²) < 4.78 is 39.8. The molecule has 2 unspecified atom stereocenters. The largest absolute Gasteiger partial charge is 0.416 e. The molecule has 162 valence electrons. The van der Waals surface area contributed by atoms with Crippen molar-refractivity contribution in [3.63, 3.8) is 0 Å². The predicted octanol–water partition coefficient (Wildman–Crippen LogP) is 4.52. The molecule has 4 rings (SSSR count). The average molecular weight is 430 g/mol. The molecule has 2 aromatic rings. The maximum Gasteiger partial charge on any atom is 0.416 e. The Kier molecular flexibility index (Phi) is 5.11. The van der Waals surface area contributed by atoms with Gasteiger partial charge in [0.15, 0.2) is 0 Å². The molecule has 1 saturated carbocycles. The number of nitrogens with zero attached hydrogens (tertiary/aromatic N) is 2. The number of rotatable bonds is 5. The number of benzene rings is 2. The summed E-state index contributed by atoms with van der Waals surface area (Å²) >= 11 is 0. The molecule has 1 heterocycles. The molecule has 31 heavy (non-hydrogen) atoms. The van der Waals surface area contributed by atoms with Crippen LogP contribution in [0.15, 0.2) is 48.5 Å². The Morgan fingerprint density at radius 2 is 1.58 bits per heavy atom. The number of hydrogen-bond donors (Lipinski definition) is 0. The molecule has 1 aliphatic heterocycles. The van der Waals surface area contributed by atoms with Gasteiger partial charge in [-0.1, -0.05) is 18.2 Å². The number of fused-ring (bicyclic) bond motifs is 1. The van der Waals surface area contributed by atoms with Crippen molar-refractivity contribution in [3.8, 4) is 0 Å². The van der Waals surface area contributed by atoms with E-state index in [9.17, 15) is 27.6 Å². The van der Waals surface area contributed by atoms with Crippen LogP contribution in [0.5, 0.6) is 0 Å². The number of imide groups is 1. The molecule has 2 aliphatic rings. The molecule has 2 atom stereocenters. The van der Waals surface area contributed by atoms with Crippen molar-refractivity contribution < 1.29 is 27.6 Å². The monoisotopic (exact) mass is 430 g/mol. The Morgan fingerprint density at radius 1 is 1.00 bits per heavy atom. The van der Waals surface area contributed by atoms with Gasteiger partial charge in [-0.2, -0.15) is 13.2 Å². The summed E-state index contributed by atoms with van der Waals surface area (Å²) in [6.45, 7) is 3.22. The molecule has 0 saturated heterocycles. The zero-order valence-corrected chi connectivity index (χ0v) is 17.0. The van der Waals surface area contributed by atoms with Gasteiger partial charge >= 0.3 is 6.18 Å². The first-order valence-electron chi connectivity index (χ1n) is 10.1. The van der Waals surface area contributed by atoms with Gasteiger partial charge in [-0.15, -0.1) is 0 Å². The van der Waals surface area contributed by atoms with Crippen LogP contribution in [0.4, 0.5) is 18.9 Å². The minimum atomic E-state index is -4.55. The molecular weight excluding hydrogens is 409 g/mol. The Morgan fingerprint density at radius 3 is 2.10 bits per heavy atom. The summed E-state index contributed by atoms with van der Waals surface area (Å²) in [7, 11) is 0. The molecule has 5 nitrogen and oxygen atoms in total. The van der Waals surface area contributed by atoms with E-state index in [0.29, 0.717) is 0 Å². The topological polar surface area (TPSA) is 57.7 Å². The van der Waals surface area contributed by atoms with Crippen LogP contribution in [0.3, 0.4) is 0 Å². The third kappa shape index (κ3) is 3.71. The van der Waals surface area contributed by atoms with Gasteiger partial charge in [0, 0.05) is 11.7 Å². The minimum absolute atomic E-state index is 0.0997. The van der Waals surface area contributed by atoms with Gasteiger partial charge < -0.3 is 4.90 Å². The SMILES string of the molecule is CC(C(=O)N(c1cccc(C(F)(F)F)c1)C(C)C1CC1)N1C(=O)c2ccccc2C1=O. The first kappa shape index (κ1) is 21.1. The van der Waals surface area contributed by atoms with E-state index in [1.165, 1.54) is 36.1 Å². The van der Waals surface area contributed by atoms with Crippen molar-refractivity contribution >= 4 is 23.4 Å². The van der Waals surface area contributed by atoms with Gasteiger partial charge in [-0.25, -0.2) is 0 Å². The van der Waals surface area contributed by atoms with E-state index in [1.54, 1.807) is 19.1 Å². The number of carbonyl (C=O) groups is 3. The highest BCUT2D eigenvalue weighted by Gasteiger charge is 2.44. The quantitative estimate of drug-likeness (QED) is 0.656. The van der Waals surface area contributed by atoms with E-state index in [4.69, 9.17) is 0 Å². The molecule has 1 aliphatic carbocycles. The van der Waals surface area contributed by atoms with Gasteiger partial charge in [0.05, 0.1) is 16.7 Å². The van der Waals surface area contributed by atoms with Crippen LogP contribution in [0.1, 0.15) is 53.0 Å². The zero-order valence-electron chi connectivity index (χ0n) is 17.0. The molecule has 3 amide bonds. The van der Waals surface area contributed by atoms with Crippen LogP contribution in [0, 0.1) is 5.92 Å². The fourth-order valence-corrected chi connectivity index (χ4v) is 4.06. The fourth-order valence-electron chi connectivity index (χ4n) is 4.06. The van der Waals surface area contributed by atoms with E-state index in [0.717, 1.165) is 29.9 Å². The molecule has 1 fully saturated rings. The van der Waals surface area contributed by atoms with Crippen molar-refractivity contribution in [2.24, 2.45) is 5.92 Å². The number of hydrogen-bond acceptors (Lipinski definition) is 3. The first-order valence-corrected chi connectivity index (χ1v) is 10.1. The summed E-state index contributed by atoms with van der Waals surface area (Å²) in [5, 5.41) is 0.